The highest BCUT2D eigenvalue weighted by Crippen LogP contribution is 2.36. The number of allylic oxidation sites excluding steroid dienone is 1. The first-order valence-electron chi connectivity index (χ1n) is 11.3. The molecule has 3 aliphatic heterocycles. The predicted octanol–water partition coefficient (Wildman–Crippen LogP) is -0.323. The fourth-order valence-electron chi connectivity index (χ4n) is 4.00. The number of aliphatic carboxylic acids is 2. The van der Waals surface area contributed by atoms with Crippen LogP contribution in [0.5, 0.6) is 0 Å². The Morgan fingerprint density at radius 3 is 2.41 bits per heavy atom. The van der Waals surface area contributed by atoms with Crippen molar-refractivity contribution in [2.45, 2.75) is 12.2 Å². The van der Waals surface area contributed by atoms with Crippen molar-refractivity contribution in [1.82, 2.24) is 14.9 Å². The highest BCUT2D eigenvalue weighted by molar-refractivity contribution is 8.16. The molecule has 0 spiro atoms. The number of hydrogen-bond acceptors (Lipinski definition) is 10. The molecule has 1 aromatic carbocycles. The largest absolute Gasteiger partial charge is 0.479 e. The number of carbonyl (C=O) groups excluding carboxylic acids is 1. The maximum Gasteiger partial charge on any atom is 0.335 e. The highest BCUT2D eigenvalue weighted by atomic mass is 32.2. The van der Waals surface area contributed by atoms with E-state index in [0.717, 1.165) is 47.9 Å². The molecule has 7 N–H and O–H groups in total. The van der Waals surface area contributed by atoms with Gasteiger partial charge in [0.15, 0.2) is 12.2 Å². The zero-order valence-corrected chi connectivity index (χ0v) is 20.6. The first-order valence-corrected chi connectivity index (χ1v) is 12.2. The number of carboxylic acids is 2. The Morgan fingerprint density at radius 2 is 1.78 bits per heavy atom. The Morgan fingerprint density at radius 1 is 1.14 bits per heavy atom. The first kappa shape index (κ1) is 26.3. The minimum Gasteiger partial charge on any atom is -0.479 e. The SMILES string of the molecule is CN1CCN(c2ccc3nc(C4=C(N)C5C=CSC5=NC4=O)[nH]c3c2)CC1.O=C(O)[C@@H](O)[C@H](O)C(=O)O. The number of carbonyl (C=O) groups is 3. The van der Waals surface area contributed by atoms with Crippen LogP contribution in [-0.4, -0.2) is 104 Å². The van der Waals surface area contributed by atoms with Crippen LogP contribution in [0.15, 0.2) is 40.4 Å². The van der Waals surface area contributed by atoms with Gasteiger partial charge in [-0.05, 0) is 30.7 Å². The van der Waals surface area contributed by atoms with Crippen molar-refractivity contribution in [1.29, 1.82) is 0 Å². The van der Waals surface area contributed by atoms with Gasteiger partial charge in [0.1, 0.15) is 11.4 Å². The van der Waals surface area contributed by atoms with Crippen LogP contribution in [0.3, 0.4) is 0 Å². The normalized spacial score (nSPS) is 21.3. The Labute approximate surface area is 215 Å². The van der Waals surface area contributed by atoms with Gasteiger partial charge in [-0.15, -0.1) is 0 Å². The number of H-pyrrole nitrogens is 1. The molecule has 2 aromatic rings. The van der Waals surface area contributed by atoms with E-state index in [0.29, 0.717) is 17.1 Å². The molecule has 1 unspecified atom stereocenters. The number of aliphatic imine (C=N–C) groups is 1. The Hall–Kier alpha value is -3.72. The lowest BCUT2D eigenvalue weighted by atomic mass is 9.98. The fourth-order valence-corrected chi connectivity index (χ4v) is 4.86. The summed E-state index contributed by atoms with van der Waals surface area (Å²) in [6, 6.07) is 6.18. The number of aromatic nitrogens is 2. The molecule has 196 valence electrons. The van der Waals surface area contributed by atoms with Gasteiger partial charge in [-0.3, -0.25) is 4.79 Å². The number of dihydropyridines is 1. The molecule has 0 bridgehead atoms. The number of aromatic amines is 1. The lowest BCUT2D eigenvalue weighted by molar-refractivity contribution is -0.165. The number of piperazine rings is 1. The van der Waals surface area contributed by atoms with Gasteiger partial charge in [0.2, 0.25) is 0 Å². The van der Waals surface area contributed by atoms with Crippen LogP contribution in [0, 0.1) is 5.92 Å². The van der Waals surface area contributed by atoms with Gasteiger partial charge in [0, 0.05) is 37.6 Å². The third-order valence-electron chi connectivity index (χ3n) is 6.15. The molecule has 1 fully saturated rings. The molecule has 1 amide bonds. The molecule has 5 rings (SSSR count). The Bertz CT molecular complexity index is 1310. The zero-order chi connectivity index (χ0) is 26.9. The summed E-state index contributed by atoms with van der Waals surface area (Å²) < 4.78 is 0. The number of rotatable bonds is 5. The van der Waals surface area contributed by atoms with Crippen molar-refractivity contribution in [3.63, 3.8) is 0 Å². The van der Waals surface area contributed by atoms with E-state index in [1.165, 1.54) is 11.8 Å². The quantitative estimate of drug-likeness (QED) is 0.294. The minimum atomic E-state index is -2.27. The van der Waals surface area contributed by atoms with Gasteiger partial charge in [-0.25, -0.2) is 19.6 Å². The van der Waals surface area contributed by atoms with Crippen molar-refractivity contribution in [2.24, 2.45) is 16.6 Å². The summed E-state index contributed by atoms with van der Waals surface area (Å²) in [6.07, 6.45) is -2.56. The number of nitrogens with zero attached hydrogens (tertiary/aromatic N) is 4. The molecule has 1 saturated heterocycles. The van der Waals surface area contributed by atoms with Gasteiger partial charge in [0.05, 0.1) is 22.0 Å². The third kappa shape index (κ3) is 5.51. The molecular weight excluding hydrogens is 504 g/mol. The number of amides is 1. The molecule has 0 radical (unpaired) electrons. The number of benzene rings is 1. The maximum atomic E-state index is 12.5. The zero-order valence-electron chi connectivity index (χ0n) is 19.7. The van der Waals surface area contributed by atoms with Gasteiger partial charge in [-0.2, -0.15) is 0 Å². The van der Waals surface area contributed by atoms with E-state index in [-0.39, 0.29) is 11.8 Å². The summed E-state index contributed by atoms with van der Waals surface area (Å²) in [5, 5.41) is 35.2. The second kappa shape index (κ2) is 10.7. The van der Waals surface area contributed by atoms with E-state index >= 15 is 0 Å². The Balaban J connectivity index is 0.000000275. The number of hydrogen-bond donors (Lipinski definition) is 6. The second-order valence-electron chi connectivity index (χ2n) is 8.65. The average Bonchev–Trinajstić information content (AvgIpc) is 3.50. The number of likely N-dealkylation sites (N-methyl/N-ethyl adjacent to an activating group) is 1. The molecule has 4 heterocycles. The standard InChI is InChI=1S/C19H20N6OS.C4H6O6/c1-24-5-7-25(8-6-24)11-2-3-13-14(10-11)22-17(21-13)15-16(20)12-4-9-27-19(12)23-18(15)26;5-1(3(7)8)2(6)4(9)10/h2-4,9-10,12H,5-8,20H2,1H3,(H,21,22);1-2,5-6H,(H,7,8)(H,9,10)/t;1-,2-/m.0/s1. The maximum absolute atomic E-state index is 12.5. The topological polar surface area (TPSA) is 206 Å². The van der Waals surface area contributed by atoms with E-state index < -0.39 is 24.1 Å². The van der Waals surface area contributed by atoms with E-state index in [1.54, 1.807) is 0 Å². The molecule has 14 heteroatoms. The van der Waals surface area contributed by atoms with Crippen molar-refractivity contribution in [3.05, 3.63) is 41.2 Å². The van der Waals surface area contributed by atoms with Crippen LogP contribution in [0.2, 0.25) is 0 Å². The van der Waals surface area contributed by atoms with Crippen LogP contribution in [-0.2, 0) is 14.4 Å². The fraction of sp³-hybridized carbons (Fsp3) is 0.348. The number of nitrogens with two attached hydrogens (primary N) is 1. The van der Waals surface area contributed by atoms with Crippen LogP contribution in [0.4, 0.5) is 5.69 Å². The lowest BCUT2D eigenvalue weighted by Gasteiger charge is -2.34. The summed E-state index contributed by atoms with van der Waals surface area (Å²) in [6.45, 7) is 4.11. The third-order valence-corrected chi connectivity index (χ3v) is 7.03. The van der Waals surface area contributed by atoms with Gasteiger partial charge < -0.3 is 40.9 Å². The number of aliphatic hydroxyl groups is 2. The van der Waals surface area contributed by atoms with Gasteiger partial charge >= 0.3 is 11.9 Å². The van der Waals surface area contributed by atoms with Crippen molar-refractivity contribution < 1.29 is 34.8 Å². The van der Waals surface area contributed by atoms with Crippen LogP contribution in [0.25, 0.3) is 16.6 Å². The number of imidazole rings is 1. The Kier molecular flexibility index (Phi) is 7.63. The van der Waals surface area contributed by atoms with Crippen LogP contribution in [0.1, 0.15) is 5.82 Å². The molecule has 0 saturated carbocycles. The number of carboxylic acid groups (broad SMARTS) is 2. The molecule has 1 aromatic heterocycles. The van der Waals surface area contributed by atoms with Gasteiger partial charge in [-0.1, -0.05) is 17.8 Å². The number of fused-ring (bicyclic) bond motifs is 2. The molecule has 37 heavy (non-hydrogen) atoms. The molecule has 3 aliphatic rings. The second-order valence-corrected chi connectivity index (χ2v) is 9.58. The monoisotopic (exact) mass is 530 g/mol. The molecule has 0 aliphatic carbocycles. The van der Waals surface area contributed by atoms with E-state index in [4.69, 9.17) is 26.2 Å². The van der Waals surface area contributed by atoms with Crippen molar-refractivity contribution in [3.8, 4) is 0 Å². The predicted molar refractivity (Wildman–Crippen MR) is 137 cm³/mol. The van der Waals surface area contributed by atoms with E-state index in [2.05, 4.69) is 43.9 Å². The van der Waals surface area contributed by atoms with E-state index in [1.807, 2.05) is 17.6 Å². The lowest BCUT2D eigenvalue weighted by Crippen LogP contribution is -2.44. The average molecular weight is 531 g/mol. The smallest absolute Gasteiger partial charge is 0.335 e. The number of thioether (sulfide) groups is 1. The molecular formula is C23H26N6O7S. The van der Waals surface area contributed by atoms with Crippen molar-refractivity contribution in [2.75, 3.05) is 38.1 Å². The van der Waals surface area contributed by atoms with E-state index in [9.17, 15) is 14.4 Å². The highest BCUT2D eigenvalue weighted by Gasteiger charge is 2.33. The molecule has 13 nitrogen and oxygen atoms in total. The first-order chi connectivity index (χ1) is 17.6. The summed E-state index contributed by atoms with van der Waals surface area (Å²) in [7, 11) is 2.15. The number of anilines is 1. The summed E-state index contributed by atoms with van der Waals surface area (Å²) in [4.78, 5) is 48.9. The summed E-state index contributed by atoms with van der Waals surface area (Å²) >= 11 is 1.45. The molecule has 3 atom stereocenters. The minimum absolute atomic E-state index is 0.114. The number of nitrogens with one attached hydrogen (secondary N) is 1. The van der Waals surface area contributed by atoms with Crippen molar-refractivity contribution >= 4 is 56.9 Å². The summed E-state index contributed by atoms with van der Waals surface area (Å²) in [5.41, 5.74) is 10.1. The van der Waals surface area contributed by atoms with Crippen LogP contribution < -0.4 is 10.6 Å². The van der Waals surface area contributed by atoms with Gasteiger partial charge in [0.25, 0.3) is 5.91 Å². The van der Waals surface area contributed by atoms with Crippen LogP contribution >= 0.6 is 11.8 Å². The number of aliphatic hydroxyl groups excluding tert-OH is 2. The summed E-state index contributed by atoms with van der Waals surface area (Å²) in [5.74, 6) is -3.48.